The highest BCUT2D eigenvalue weighted by molar-refractivity contribution is 5.77. The van der Waals surface area contributed by atoms with Crippen LogP contribution in [0.4, 0.5) is 0 Å². The Labute approximate surface area is 95.2 Å². The summed E-state index contributed by atoms with van der Waals surface area (Å²) in [5, 5.41) is 0. The monoisotopic (exact) mass is 211 g/mol. The van der Waals surface area contributed by atoms with Crippen LogP contribution < -0.4 is 4.74 Å². The summed E-state index contributed by atoms with van der Waals surface area (Å²) < 4.78 is 5.35. The fourth-order valence-electron chi connectivity index (χ4n) is 1.67. The van der Waals surface area contributed by atoms with E-state index in [9.17, 15) is 0 Å². The van der Waals surface area contributed by atoms with E-state index in [4.69, 9.17) is 4.74 Å². The van der Waals surface area contributed by atoms with E-state index < -0.39 is 0 Å². The second-order valence-electron chi connectivity index (χ2n) is 3.34. The zero-order chi connectivity index (χ0) is 11.4. The normalized spacial score (nSPS) is 9.81. The van der Waals surface area contributed by atoms with Gasteiger partial charge in [-0.3, -0.25) is 4.98 Å². The smallest absolute Gasteiger partial charge is 0.128 e. The van der Waals surface area contributed by atoms with Crippen LogP contribution in [0.15, 0.2) is 49.2 Å². The molecule has 0 saturated carbocycles. The van der Waals surface area contributed by atoms with E-state index in [1.54, 1.807) is 13.3 Å². The molecule has 0 amide bonds. The van der Waals surface area contributed by atoms with Crippen molar-refractivity contribution in [3.05, 3.63) is 54.7 Å². The van der Waals surface area contributed by atoms with Gasteiger partial charge in [0.1, 0.15) is 5.75 Å². The van der Waals surface area contributed by atoms with Crippen LogP contribution in [-0.4, -0.2) is 12.1 Å². The lowest BCUT2D eigenvalue weighted by molar-refractivity contribution is 0.416. The lowest BCUT2D eigenvalue weighted by atomic mass is 10.0. The van der Waals surface area contributed by atoms with Crippen LogP contribution in [-0.2, 0) is 0 Å². The fourth-order valence-corrected chi connectivity index (χ4v) is 1.67. The van der Waals surface area contributed by atoms with Gasteiger partial charge < -0.3 is 4.74 Å². The molecule has 0 saturated heterocycles. The number of pyridine rings is 1. The van der Waals surface area contributed by atoms with E-state index in [-0.39, 0.29) is 0 Å². The summed E-state index contributed by atoms with van der Waals surface area (Å²) in [7, 11) is 1.66. The zero-order valence-corrected chi connectivity index (χ0v) is 9.18. The van der Waals surface area contributed by atoms with Crippen LogP contribution in [0.3, 0.4) is 0 Å². The van der Waals surface area contributed by atoms with Crippen molar-refractivity contribution in [2.24, 2.45) is 0 Å². The van der Waals surface area contributed by atoms with E-state index in [0.29, 0.717) is 0 Å². The third kappa shape index (κ3) is 1.82. The van der Waals surface area contributed by atoms with Gasteiger partial charge in [0.25, 0.3) is 0 Å². The van der Waals surface area contributed by atoms with Crippen LogP contribution in [0.1, 0.15) is 5.56 Å². The molecule has 80 valence electrons. The Morgan fingerprint density at radius 2 is 2.06 bits per heavy atom. The van der Waals surface area contributed by atoms with Gasteiger partial charge >= 0.3 is 0 Å². The van der Waals surface area contributed by atoms with Crippen molar-refractivity contribution in [2.45, 2.75) is 0 Å². The molecule has 2 rings (SSSR count). The fraction of sp³-hybridized carbons (Fsp3) is 0.0714. The third-order valence-corrected chi connectivity index (χ3v) is 2.42. The maximum Gasteiger partial charge on any atom is 0.128 e. The van der Waals surface area contributed by atoms with Gasteiger partial charge in [-0.15, -0.1) is 0 Å². The Morgan fingerprint density at radius 1 is 1.19 bits per heavy atom. The van der Waals surface area contributed by atoms with Gasteiger partial charge in [-0.25, -0.2) is 0 Å². The first-order chi connectivity index (χ1) is 7.86. The molecule has 0 fully saturated rings. The highest BCUT2D eigenvalue weighted by Crippen LogP contribution is 2.32. The van der Waals surface area contributed by atoms with Crippen LogP contribution in [0, 0.1) is 0 Å². The maximum absolute atomic E-state index is 5.35. The van der Waals surface area contributed by atoms with Gasteiger partial charge in [0, 0.05) is 11.8 Å². The molecule has 0 unspecified atom stereocenters. The minimum atomic E-state index is 0.816. The SMILES string of the molecule is C=Cc1cccc(OC)c1-c1ccccn1. The number of nitrogens with zero attached hydrogens (tertiary/aromatic N) is 1. The molecule has 2 nitrogen and oxygen atoms in total. The predicted octanol–water partition coefficient (Wildman–Crippen LogP) is 3.40. The van der Waals surface area contributed by atoms with Crippen LogP contribution in [0.2, 0.25) is 0 Å². The average Bonchev–Trinajstić information content (AvgIpc) is 2.38. The summed E-state index contributed by atoms with van der Waals surface area (Å²) in [5.41, 5.74) is 2.91. The van der Waals surface area contributed by atoms with Gasteiger partial charge in [0.2, 0.25) is 0 Å². The number of hydrogen-bond acceptors (Lipinski definition) is 2. The van der Waals surface area contributed by atoms with E-state index in [1.807, 2.05) is 42.5 Å². The van der Waals surface area contributed by atoms with Crippen molar-refractivity contribution >= 4 is 6.08 Å². The molecular formula is C14H13NO. The van der Waals surface area contributed by atoms with E-state index >= 15 is 0 Å². The number of benzene rings is 1. The van der Waals surface area contributed by atoms with Crippen LogP contribution >= 0.6 is 0 Å². The highest BCUT2D eigenvalue weighted by Gasteiger charge is 2.09. The average molecular weight is 211 g/mol. The minimum Gasteiger partial charge on any atom is -0.496 e. The Balaban J connectivity index is 2.66. The maximum atomic E-state index is 5.35. The summed E-state index contributed by atoms with van der Waals surface area (Å²) in [4.78, 5) is 4.34. The molecule has 2 aromatic rings. The molecule has 0 aliphatic carbocycles. The van der Waals surface area contributed by atoms with Crippen molar-refractivity contribution < 1.29 is 4.74 Å². The second-order valence-corrected chi connectivity index (χ2v) is 3.34. The highest BCUT2D eigenvalue weighted by atomic mass is 16.5. The molecule has 0 spiro atoms. The third-order valence-electron chi connectivity index (χ3n) is 2.42. The largest absolute Gasteiger partial charge is 0.496 e. The van der Waals surface area contributed by atoms with Crippen LogP contribution in [0.5, 0.6) is 5.75 Å². The number of hydrogen-bond donors (Lipinski definition) is 0. The molecule has 0 radical (unpaired) electrons. The number of ether oxygens (including phenoxy) is 1. The molecule has 1 aromatic heterocycles. The zero-order valence-electron chi connectivity index (χ0n) is 9.18. The minimum absolute atomic E-state index is 0.816. The van der Waals surface area contributed by atoms with Crippen molar-refractivity contribution in [1.29, 1.82) is 0 Å². The Kier molecular flexibility index (Phi) is 3.01. The molecular weight excluding hydrogens is 198 g/mol. The number of aromatic nitrogens is 1. The Hall–Kier alpha value is -2.09. The van der Waals surface area contributed by atoms with Crippen molar-refractivity contribution in [2.75, 3.05) is 7.11 Å². The summed E-state index contributed by atoms with van der Waals surface area (Å²) in [5.74, 6) is 0.816. The van der Waals surface area contributed by atoms with E-state index in [1.165, 1.54) is 0 Å². The molecule has 1 heterocycles. The van der Waals surface area contributed by atoms with Crippen molar-refractivity contribution in [3.8, 4) is 17.0 Å². The summed E-state index contributed by atoms with van der Waals surface area (Å²) in [6, 6.07) is 11.7. The first-order valence-electron chi connectivity index (χ1n) is 5.07. The molecule has 0 aliphatic heterocycles. The summed E-state index contributed by atoms with van der Waals surface area (Å²) in [6.07, 6.45) is 3.58. The molecule has 0 N–H and O–H groups in total. The quantitative estimate of drug-likeness (QED) is 0.776. The molecule has 1 aromatic carbocycles. The summed E-state index contributed by atoms with van der Waals surface area (Å²) >= 11 is 0. The van der Waals surface area contributed by atoms with Crippen molar-refractivity contribution in [3.63, 3.8) is 0 Å². The number of methoxy groups -OCH3 is 1. The van der Waals surface area contributed by atoms with Gasteiger partial charge in [0.15, 0.2) is 0 Å². The van der Waals surface area contributed by atoms with Crippen LogP contribution in [0.25, 0.3) is 17.3 Å². The van der Waals surface area contributed by atoms with Crippen molar-refractivity contribution in [1.82, 2.24) is 4.98 Å². The molecule has 0 atom stereocenters. The standard InChI is InChI=1S/C14H13NO/c1-3-11-7-6-9-13(16-2)14(11)12-8-4-5-10-15-12/h3-10H,1H2,2H3. The Bertz CT molecular complexity index is 491. The molecule has 0 bridgehead atoms. The van der Waals surface area contributed by atoms with E-state index in [0.717, 1.165) is 22.6 Å². The van der Waals surface area contributed by atoms with Gasteiger partial charge in [0.05, 0.1) is 12.8 Å². The lowest BCUT2D eigenvalue weighted by Crippen LogP contribution is -1.92. The van der Waals surface area contributed by atoms with E-state index in [2.05, 4.69) is 11.6 Å². The molecule has 0 aliphatic rings. The molecule has 2 heteroatoms. The predicted molar refractivity (Wildman–Crippen MR) is 66.3 cm³/mol. The van der Waals surface area contributed by atoms with Gasteiger partial charge in [-0.05, 0) is 23.8 Å². The lowest BCUT2D eigenvalue weighted by Gasteiger charge is -2.10. The first-order valence-corrected chi connectivity index (χ1v) is 5.07. The van der Waals surface area contributed by atoms with Gasteiger partial charge in [-0.1, -0.05) is 30.9 Å². The molecule has 16 heavy (non-hydrogen) atoms. The Morgan fingerprint density at radius 3 is 2.69 bits per heavy atom. The first kappa shape index (κ1) is 10.4. The van der Waals surface area contributed by atoms with Gasteiger partial charge in [-0.2, -0.15) is 0 Å². The summed E-state index contributed by atoms with van der Waals surface area (Å²) in [6.45, 7) is 3.81. The number of rotatable bonds is 3. The second kappa shape index (κ2) is 4.62. The topological polar surface area (TPSA) is 22.1 Å².